The van der Waals surface area contributed by atoms with Crippen LogP contribution in [0.4, 0.5) is 0 Å². The van der Waals surface area contributed by atoms with Crippen LogP contribution in [0.1, 0.15) is 57.7 Å². The Morgan fingerprint density at radius 1 is 1.28 bits per heavy atom. The van der Waals surface area contributed by atoms with Crippen LogP contribution in [-0.4, -0.2) is 66.6 Å². The van der Waals surface area contributed by atoms with E-state index in [-0.39, 0.29) is 17.4 Å². The summed E-state index contributed by atoms with van der Waals surface area (Å²) in [5.41, 5.74) is 3.13. The Bertz CT molecular complexity index is 997. The van der Waals surface area contributed by atoms with Gasteiger partial charge < -0.3 is 20.1 Å². The van der Waals surface area contributed by atoms with Crippen LogP contribution in [0.3, 0.4) is 0 Å². The van der Waals surface area contributed by atoms with E-state index in [1.807, 2.05) is 24.0 Å². The highest BCUT2D eigenvalue weighted by Crippen LogP contribution is 2.46. The molecular weight excluding hydrogens is 410 g/mol. The number of hydrogen-bond acceptors (Lipinski definition) is 8. The fourth-order valence-electron chi connectivity index (χ4n) is 5.22. The molecule has 1 aliphatic carbocycles. The number of tetrazole rings is 1. The van der Waals surface area contributed by atoms with E-state index in [4.69, 9.17) is 4.74 Å². The first-order valence-electron chi connectivity index (χ1n) is 11.2. The Hall–Kier alpha value is -2.69. The van der Waals surface area contributed by atoms with Gasteiger partial charge in [0.25, 0.3) is 0 Å². The minimum atomic E-state index is -0.883. The standard InChI is InChI=1S/C22H29N7O3/c1-14-19(12-32-20(14)30)28-10-9-22(21(28)31)7-5-16(6-8-22)25-15(2)18-4-3-17(11-23-18)29-13-24-26-27-29/h3-4,11,13,15-16,20,25,30H,5-10,12H2,1-2H3/t15-,16-,20?,22-/m1/s1. The summed E-state index contributed by atoms with van der Waals surface area (Å²) < 4.78 is 6.88. The second kappa shape index (κ2) is 8.34. The van der Waals surface area contributed by atoms with E-state index < -0.39 is 6.29 Å². The first kappa shape index (κ1) is 21.2. The third-order valence-corrected chi connectivity index (χ3v) is 7.30. The number of carbonyl (C=O) groups excluding carboxylic acids is 1. The van der Waals surface area contributed by atoms with Crippen molar-refractivity contribution in [2.75, 3.05) is 13.2 Å². The molecule has 32 heavy (non-hydrogen) atoms. The van der Waals surface area contributed by atoms with Crippen LogP contribution in [0.2, 0.25) is 0 Å². The number of pyridine rings is 1. The molecule has 1 unspecified atom stereocenters. The van der Waals surface area contributed by atoms with Gasteiger partial charge in [-0.1, -0.05) is 0 Å². The van der Waals surface area contributed by atoms with E-state index in [2.05, 4.69) is 32.7 Å². The molecule has 2 atom stereocenters. The molecular formula is C22H29N7O3. The molecule has 2 aromatic rings. The molecule has 2 aliphatic heterocycles. The summed E-state index contributed by atoms with van der Waals surface area (Å²) in [4.78, 5) is 19.7. The SMILES string of the molecule is CC1=C(N2CC[C@]3(CC[C@@H](N[C@H](C)c4ccc(-n5cnnn5)cn4)CC3)C2=O)COC1O. The van der Waals surface area contributed by atoms with Gasteiger partial charge >= 0.3 is 0 Å². The fourth-order valence-corrected chi connectivity index (χ4v) is 5.22. The number of aromatic nitrogens is 5. The third-order valence-electron chi connectivity index (χ3n) is 7.30. The van der Waals surface area contributed by atoms with Crippen molar-refractivity contribution in [2.45, 2.75) is 64.3 Å². The monoisotopic (exact) mass is 439 g/mol. The molecule has 10 nitrogen and oxygen atoms in total. The van der Waals surface area contributed by atoms with Crippen molar-refractivity contribution in [3.63, 3.8) is 0 Å². The number of amides is 1. The van der Waals surface area contributed by atoms with Gasteiger partial charge in [0.15, 0.2) is 6.29 Å². The van der Waals surface area contributed by atoms with Crippen molar-refractivity contribution in [2.24, 2.45) is 5.41 Å². The van der Waals surface area contributed by atoms with Crippen LogP contribution < -0.4 is 5.32 Å². The average molecular weight is 440 g/mol. The minimum absolute atomic E-state index is 0.109. The first-order valence-corrected chi connectivity index (χ1v) is 11.2. The van der Waals surface area contributed by atoms with Crippen molar-refractivity contribution in [3.8, 4) is 5.69 Å². The van der Waals surface area contributed by atoms with Gasteiger partial charge in [0.1, 0.15) is 6.33 Å². The number of likely N-dealkylation sites (tertiary alicyclic amines) is 1. The number of aliphatic hydroxyl groups is 1. The molecule has 2 fully saturated rings. The van der Waals surface area contributed by atoms with Crippen molar-refractivity contribution >= 4 is 5.91 Å². The number of rotatable bonds is 5. The maximum absolute atomic E-state index is 13.3. The van der Waals surface area contributed by atoms with Gasteiger partial charge in [0.05, 0.1) is 35.3 Å². The summed E-state index contributed by atoms with van der Waals surface area (Å²) in [7, 11) is 0. The largest absolute Gasteiger partial charge is 0.364 e. The van der Waals surface area contributed by atoms with Gasteiger partial charge in [0, 0.05) is 24.2 Å². The van der Waals surface area contributed by atoms with Crippen LogP contribution >= 0.6 is 0 Å². The van der Waals surface area contributed by atoms with E-state index in [9.17, 15) is 9.90 Å². The van der Waals surface area contributed by atoms with Gasteiger partial charge in [-0.15, -0.1) is 5.10 Å². The average Bonchev–Trinajstić information content (AvgIpc) is 3.53. The Labute approximate surface area is 186 Å². The zero-order valence-corrected chi connectivity index (χ0v) is 18.4. The Kier molecular flexibility index (Phi) is 5.52. The lowest BCUT2D eigenvalue weighted by molar-refractivity contribution is -0.136. The summed E-state index contributed by atoms with van der Waals surface area (Å²) >= 11 is 0. The number of ether oxygens (including phenoxy) is 1. The molecule has 1 saturated heterocycles. The normalized spacial score (nSPS) is 29.3. The van der Waals surface area contributed by atoms with Crippen molar-refractivity contribution in [1.29, 1.82) is 0 Å². The molecule has 5 rings (SSSR count). The fraction of sp³-hybridized carbons (Fsp3) is 0.591. The predicted octanol–water partition coefficient (Wildman–Crippen LogP) is 1.49. The lowest BCUT2D eigenvalue weighted by Crippen LogP contribution is -2.42. The van der Waals surface area contributed by atoms with Crippen LogP contribution in [0, 0.1) is 5.41 Å². The zero-order chi connectivity index (χ0) is 22.3. The van der Waals surface area contributed by atoms with E-state index in [0.29, 0.717) is 19.2 Å². The number of nitrogens with zero attached hydrogens (tertiary/aromatic N) is 6. The number of aliphatic hydroxyl groups excluding tert-OH is 1. The third kappa shape index (κ3) is 3.72. The van der Waals surface area contributed by atoms with Crippen molar-refractivity contribution in [1.82, 2.24) is 35.4 Å². The minimum Gasteiger partial charge on any atom is -0.364 e. The molecule has 1 amide bonds. The van der Waals surface area contributed by atoms with Gasteiger partial charge in [-0.25, -0.2) is 0 Å². The number of carbonyl (C=O) groups is 1. The van der Waals surface area contributed by atoms with Crippen LogP contribution in [0.15, 0.2) is 35.9 Å². The summed E-state index contributed by atoms with van der Waals surface area (Å²) in [6.45, 7) is 4.99. The lowest BCUT2D eigenvalue weighted by Gasteiger charge is -2.37. The Balaban J connectivity index is 1.18. The molecule has 170 valence electrons. The van der Waals surface area contributed by atoms with Gasteiger partial charge in [0.2, 0.25) is 5.91 Å². The molecule has 3 aliphatic rings. The summed E-state index contributed by atoms with van der Waals surface area (Å²) in [6.07, 6.45) is 7.00. The first-order chi connectivity index (χ1) is 15.5. The van der Waals surface area contributed by atoms with Crippen molar-refractivity contribution in [3.05, 3.63) is 41.6 Å². The molecule has 10 heteroatoms. The second-order valence-corrected chi connectivity index (χ2v) is 9.14. The highest BCUT2D eigenvalue weighted by molar-refractivity contribution is 5.86. The Morgan fingerprint density at radius 3 is 2.72 bits per heavy atom. The summed E-state index contributed by atoms with van der Waals surface area (Å²) in [5.74, 6) is 0.205. The van der Waals surface area contributed by atoms with Gasteiger partial charge in [-0.05, 0) is 68.5 Å². The molecule has 2 aromatic heterocycles. The van der Waals surface area contributed by atoms with Gasteiger partial charge in [-0.2, -0.15) is 4.68 Å². The molecule has 0 bridgehead atoms. The van der Waals surface area contributed by atoms with E-state index in [1.54, 1.807) is 17.2 Å². The summed E-state index contributed by atoms with van der Waals surface area (Å²) in [5, 5.41) is 24.7. The predicted molar refractivity (Wildman–Crippen MR) is 114 cm³/mol. The molecule has 0 radical (unpaired) electrons. The van der Waals surface area contributed by atoms with E-state index in [0.717, 1.165) is 54.8 Å². The second-order valence-electron chi connectivity index (χ2n) is 9.14. The summed E-state index contributed by atoms with van der Waals surface area (Å²) in [6, 6.07) is 4.42. The zero-order valence-electron chi connectivity index (χ0n) is 18.4. The van der Waals surface area contributed by atoms with E-state index in [1.165, 1.54) is 0 Å². The highest BCUT2D eigenvalue weighted by Gasteiger charge is 2.50. The smallest absolute Gasteiger partial charge is 0.233 e. The highest BCUT2D eigenvalue weighted by atomic mass is 16.6. The Morgan fingerprint density at radius 2 is 2.09 bits per heavy atom. The van der Waals surface area contributed by atoms with Crippen LogP contribution in [0.25, 0.3) is 5.69 Å². The maximum Gasteiger partial charge on any atom is 0.233 e. The maximum atomic E-state index is 13.3. The number of nitrogens with one attached hydrogen (secondary N) is 1. The molecule has 4 heterocycles. The van der Waals surface area contributed by atoms with E-state index >= 15 is 0 Å². The van der Waals surface area contributed by atoms with Crippen LogP contribution in [0.5, 0.6) is 0 Å². The lowest BCUT2D eigenvalue weighted by atomic mass is 9.71. The van der Waals surface area contributed by atoms with Crippen molar-refractivity contribution < 1.29 is 14.6 Å². The van der Waals surface area contributed by atoms with Crippen LogP contribution in [-0.2, 0) is 9.53 Å². The molecule has 2 N–H and O–H groups in total. The topological polar surface area (TPSA) is 118 Å². The molecule has 0 aromatic carbocycles. The quantitative estimate of drug-likeness (QED) is 0.719. The molecule has 1 spiro atoms. The van der Waals surface area contributed by atoms with Gasteiger partial charge in [-0.3, -0.25) is 9.78 Å². The number of hydrogen-bond donors (Lipinski definition) is 2. The molecule has 1 saturated carbocycles.